The van der Waals surface area contributed by atoms with Crippen LogP contribution in [0.5, 0.6) is 0 Å². The van der Waals surface area contributed by atoms with Crippen molar-refractivity contribution in [2.24, 2.45) is 0 Å². The Hall–Kier alpha value is -0.670. The van der Waals surface area contributed by atoms with Crippen LogP contribution in [0.2, 0.25) is 5.02 Å². The van der Waals surface area contributed by atoms with Crippen LogP contribution in [0.15, 0.2) is 24.3 Å². The summed E-state index contributed by atoms with van der Waals surface area (Å²) in [6.45, 7) is 0.700. The van der Waals surface area contributed by atoms with Crippen LogP contribution < -0.4 is 5.32 Å². The number of carbonyl (C=O) groups excluding carboxylic acids is 1. The van der Waals surface area contributed by atoms with Gasteiger partial charge in [-0.25, -0.2) is 0 Å². The van der Waals surface area contributed by atoms with Gasteiger partial charge in [-0.2, -0.15) is 0 Å². The number of rotatable bonds is 6. The Labute approximate surface area is 130 Å². The number of amides is 1. The summed E-state index contributed by atoms with van der Waals surface area (Å²) in [5, 5.41) is 4.44. The Bertz CT molecular complexity index is 415. The van der Waals surface area contributed by atoms with E-state index >= 15 is 0 Å². The molecule has 2 nitrogen and oxygen atoms in total. The molecule has 1 saturated carbocycles. The van der Waals surface area contributed by atoms with E-state index in [1.54, 1.807) is 0 Å². The first kappa shape index (κ1) is 15.7. The molecule has 4 heteroatoms. The van der Waals surface area contributed by atoms with Crippen molar-refractivity contribution >= 4 is 29.3 Å². The third kappa shape index (κ3) is 5.76. The zero-order chi connectivity index (χ0) is 14.2. The minimum Gasteiger partial charge on any atom is -0.355 e. The molecule has 0 aliphatic heterocycles. The van der Waals surface area contributed by atoms with Crippen LogP contribution in [-0.2, 0) is 11.2 Å². The van der Waals surface area contributed by atoms with Crippen LogP contribution in [0.25, 0.3) is 0 Å². The number of halogens is 1. The van der Waals surface area contributed by atoms with Gasteiger partial charge in [0.2, 0.25) is 5.91 Å². The van der Waals surface area contributed by atoms with Gasteiger partial charge < -0.3 is 5.32 Å². The summed E-state index contributed by atoms with van der Waals surface area (Å²) in [5.74, 6) is 0.764. The molecule has 1 N–H and O–H groups in total. The lowest BCUT2D eigenvalue weighted by Crippen LogP contribution is -2.28. The quantitative estimate of drug-likeness (QED) is 0.858. The average Bonchev–Trinajstić information content (AvgIpc) is 2.48. The van der Waals surface area contributed by atoms with Gasteiger partial charge in [-0.05, 0) is 37.0 Å². The van der Waals surface area contributed by atoms with Gasteiger partial charge in [0, 0.05) is 16.8 Å². The molecule has 0 bridgehead atoms. The standard InChI is InChI=1S/C16H22ClNOS/c17-14-8-6-13(7-9-14)10-11-18-16(19)12-20-15-4-2-1-3-5-15/h6-9,15H,1-5,10-12H2,(H,18,19). The lowest BCUT2D eigenvalue weighted by Gasteiger charge is -2.20. The molecule has 0 saturated heterocycles. The van der Waals surface area contributed by atoms with E-state index in [2.05, 4.69) is 5.32 Å². The van der Waals surface area contributed by atoms with Gasteiger partial charge in [-0.1, -0.05) is 43.0 Å². The molecule has 0 atom stereocenters. The van der Waals surface area contributed by atoms with Gasteiger partial charge in [0.05, 0.1) is 5.75 Å². The van der Waals surface area contributed by atoms with Crippen molar-refractivity contribution in [2.45, 2.75) is 43.8 Å². The Kier molecular flexibility index (Phi) is 6.74. The highest BCUT2D eigenvalue weighted by Crippen LogP contribution is 2.27. The molecule has 0 heterocycles. The SMILES string of the molecule is O=C(CSC1CCCCC1)NCCc1ccc(Cl)cc1. The zero-order valence-electron chi connectivity index (χ0n) is 11.7. The van der Waals surface area contributed by atoms with Crippen LogP contribution in [0, 0.1) is 0 Å². The topological polar surface area (TPSA) is 29.1 Å². The minimum absolute atomic E-state index is 0.162. The summed E-state index contributed by atoms with van der Waals surface area (Å²) in [4.78, 5) is 11.8. The van der Waals surface area contributed by atoms with Crippen molar-refractivity contribution in [3.8, 4) is 0 Å². The second-order valence-corrected chi connectivity index (χ2v) is 7.02. The van der Waals surface area contributed by atoms with E-state index in [1.165, 1.54) is 37.7 Å². The molecule has 1 amide bonds. The maximum Gasteiger partial charge on any atom is 0.230 e. The van der Waals surface area contributed by atoms with E-state index < -0.39 is 0 Å². The Morgan fingerprint density at radius 3 is 2.60 bits per heavy atom. The van der Waals surface area contributed by atoms with Crippen LogP contribution in [-0.4, -0.2) is 23.5 Å². The largest absolute Gasteiger partial charge is 0.355 e. The maximum atomic E-state index is 11.8. The Morgan fingerprint density at radius 2 is 1.90 bits per heavy atom. The van der Waals surface area contributed by atoms with Gasteiger partial charge in [-0.15, -0.1) is 11.8 Å². The average molecular weight is 312 g/mol. The van der Waals surface area contributed by atoms with Crippen molar-refractivity contribution in [2.75, 3.05) is 12.3 Å². The highest BCUT2D eigenvalue weighted by Gasteiger charge is 2.14. The fourth-order valence-electron chi connectivity index (χ4n) is 2.47. The smallest absolute Gasteiger partial charge is 0.230 e. The number of hydrogen-bond acceptors (Lipinski definition) is 2. The van der Waals surface area contributed by atoms with Gasteiger partial charge in [0.1, 0.15) is 0 Å². The van der Waals surface area contributed by atoms with E-state index in [4.69, 9.17) is 11.6 Å². The molecular weight excluding hydrogens is 290 g/mol. The summed E-state index contributed by atoms with van der Waals surface area (Å²) >= 11 is 7.66. The van der Waals surface area contributed by atoms with E-state index in [-0.39, 0.29) is 5.91 Å². The number of benzene rings is 1. The fraction of sp³-hybridized carbons (Fsp3) is 0.562. The van der Waals surface area contributed by atoms with Crippen LogP contribution in [0.1, 0.15) is 37.7 Å². The van der Waals surface area contributed by atoms with E-state index in [0.717, 1.165) is 11.4 Å². The van der Waals surface area contributed by atoms with Crippen molar-refractivity contribution in [1.29, 1.82) is 0 Å². The van der Waals surface area contributed by atoms with Crippen LogP contribution in [0.3, 0.4) is 0 Å². The maximum absolute atomic E-state index is 11.8. The van der Waals surface area contributed by atoms with Gasteiger partial charge in [0.15, 0.2) is 0 Å². The molecule has 0 aromatic heterocycles. The first-order valence-electron chi connectivity index (χ1n) is 7.37. The summed E-state index contributed by atoms with van der Waals surface area (Å²) in [6, 6.07) is 7.78. The summed E-state index contributed by atoms with van der Waals surface area (Å²) in [7, 11) is 0. The Morgan fingerprint density at radius 1 is 1.20 bits per heavy atom. The molecule has 2 rings (SSSR count). The molecule has 1 aliphatic carbocycles. The number of thioether (sulfide) groups is 1. The predicted molar refractivity (Wildman–Crippen MR) is 87.5 cm³/mol. The molecule has 1 fully saturated rings. The molecule has 110 valence electrons. The summed E-state index contributed by atoms with van der Waals surface area (Å²) in [5.41, 5.74) is 1.20. The third-order valence-corrected chi connectivity index (χ3v) is 5.28. The first-order valence-corrected chi connectivity index (χ1v) is 8.79. The summed E-state index contributed by atoms with van der Waals surface area (Å²) < 4.78 is 0. The van der Waals surface area contributed by atoms with Crippen LogP contribution in [0.4, 0.5) is 0 Å². The van der Waals surface area contributed by atoms with Gasteiger partial charge >= 0.3 is 0 Å². The van der Waals surface area contributed by atoms with Gasteiger partial charge in [-0.3, -0.25) is 4.79 Å². The molecule has 1 aromatic carbocycles. The van der Waals surface area contributed by atoms with Gasteiger partial charge in [0.25, 0.3) is 0 Å². The second-order valence-electron chi connectivity index (χ2n) is 5.30. The molecule has 0 unspecified atom stereocenters. The highest BCUT2D eigenvalue weighted by molar-refractivity contribution is 8.00. The lowest BCUT2D eigenvalue weighted by atomic mass is 10.0. The molecule has 0 radical (unpaired) electrons. The van der Waals surface area contributed by atoms with Crippen molar-refractivity contribution in [1.82, 2.24) is 5.32 Å². The number of carbonyl (C=O) groups is 1. The minimum atomic E-state index is 0.162. The molecule has 1 aromatic rings. The molecular formula is C16H22ClNOS. The number of nitrogens with one attached hydrogen (secondary N) is 1. The Balaban J connectivity index is 1.58. The van der Waals surface area contributed by atoms with Crippen molar-refractivity contribution in [3.05, 3.63) is 34.9 Å². The third-order valence-electron chi connectivity index (χ3n) is 3.65. The summed E-state index contributed by atoms with van der Waals surface area (Å²) in [6.07, 6.45) is 7.44. The molecule has 0 spiro atoms. The van der Waals surface area contributed by atoms with Crippen molar-refractivity contribution < 1.29 is 4.79 Å². The molecule has 20 heavy (non-hydrogen) atoms. The molecule has 1 aliphatic rings. The zero-order valence-corrected chi connectivity index (χ0v) is 13.3. The fourth-order valence-corrected chi connectivity index (χ4v) is 3.76. The van der Waals surface area contributed by atoms with E-state index in [1.807, 2.05) is 36.0 Å². The normalized spacial score (nSPS) is 16.1. The number of hydrogen-bond donors (Lipinski definition) is 1. The second kappa shape index (κ2) is 8.58. The monoisotopic (exact) mass is 311 g/mol. The van der Waals surface area contributed by atoms with Crippen LogP contribution >= 0.6 is 23.4 Å². The van der Waals surface area contributed by atoms with E-state index in [9.17, 15) is 4.79 Å². The van der Waals surface area contributed by atoms with E-state index in [0.29, 0.717) is 17.5 Å². The highest BCUT2D eigenvalue weighted by atomic mass is 35.5. The van der Waals surface area contributed by atoms with Crippen molar-refractivity contribution in [3.63, 3.8) is 0 Å². The predicted octanol–water partition coefficient (Wildman–Crippen LogP) is 4.06. The lowest BCUT2D eigenvalue weighted by molar-refractivity contribution is -0.118. The first-order chi connectivity index (χ1) is 9.74.